The van der Waals surface area contributed by atoms with Crippen LogP contribution in [0.1, 0.15) is 6.42 Å². The maximum absolute atomic E-state index is 10.3. The molecule has 1 aliphatic heterocycles. The van der Waals surface area contributed by atoms with Crippen molar-refractivity contribution in [2.45, 2.75) is 12.5 Å². The predicted molar refractivity (Wildman–Crippen MR) is 41.0 cm³/mol. The molecule has 1 saturated heterocycles. The van der Waals surface area contributed by atoms with E-state index in [0.717, 1.165) is 13.0 Å². The Hall–Kier alpha value is -0.610. The van der Waals surface area contributed by atoms with Crippen LogP contribution < -0.4 is 5.73 Å². The van der Waals surface area contributed by atoms with Gasteiger partial charge in [0.2, 0.25) is 5.91 Å². The van der Waals surface area contributed by atoms with Crippen molar-refractivity contribution in [3.05, 3.63) is 0 Å². The normalized spacial score (nSPS) is 24.6. The molecule has 1 amide bonds. The van der Waals surface area contributed by atoms with Crippen molar-refractivity contribution < 1.29 is 9.53 Å². The highest BCUT2D eigenvalue weighted by molar-refractivity contribution is 5.74. The Kier molecular flexibility index (Phi) is 2.84. The first kappa shape index (κ1) is 8.49. The lowest BCUT2D eigenvalue weighted by Gasteiger charge is -2.37. The first-order valence-electron chi connectivity index (χ1n) is 3.76. The highest BCUT2D eigenvalue weighted by Gasteiger charge is 2.23. The second-order valence-corrected chi connectivity index (χ2v) is 2.90. The number of carbonyl (C=O) groups is 1. The average molecular weight is 158 g/mol. The van der Waals surface area contributed by atoms with Crippen LogP contribution in [0.5, 0.6) is 0 Å². The van der Waals surface area contributed by atoms with Crippen LogP contribution in [-0.2, 0) is 9.53 Å². The molecule has 1 unspecified atom stereocenters. The molecule has 2 N–H and O–H groups in total. The Morgan fingerprint density at radius 3 is 2.91 bits per heavy atom. The fourth-order valence-corrected chi connectivity index (χ4v) is 1.08. The van der Waals surface area contributed by atoms with Gasteiger partial charge < -0.3 is 15.4 Å². The zero-order valence-electron chi connectivity index (χ0n) is 6.75. The van der Waals surface area contributed by atoms with Gasteiger partial charge in [0.25, 0.3) is 0 Å². The van der Waals surface area contributed by atoms with Crippen LogP contribution in [0.4, 0.5) is 0 Å². The molecule has 4 heteroatoms. The van der Waals surface area contributed by atoms with Gasteiger partial charge in [0.1, 0.15) is 6.61 Å². The van der Waals surface area contributed by atoms with E-state index in [-0.39, 0.29) is 6.61 Å². The van der Waals surface area contributed by atoms with Crippen molar-refractivity contribution in [3.63, 3.8) is 0 Å². The summed E-state index contributed by atoms with van der Waals surface area (Å²) in [7, 11) is 2.04. The van der Waals surface area contributed by atoms with E-state index in [4.69, 9.17) is 10.5 Å². The average Bonchev–Trinajstić information content (AvgIpc) is 1.94. The number of primary amides is 1. The Labute approximate surface area is 66.3 Å². The molecule has 0 aromatic carbocycles. The first-order chi connectivity index (χ1) is 5.20. The summed E-state index contributed by atoms with van der Waals surface area (Å²) in [6, 6.07) is 0.495. The third-order valence-corrected chi connectivity index (χ3v) is 1.99. The molecule has 4 nitrogen and oxygen atoms in total. The van der Waals surface area contributed by atoms with Crippen molar-refractivity contribution in [2.75, 3.05) is 26.8 Å². The van der Waals surface area contributed by atoms with Crippen molar-refractivity contribution in [3.8, 4) is 0 Å². The molecule has 1 aliphatic rings. The number of hydrogen-bond acceptors (Lipinski definition) is 3. The Balaban J connectivity index is 1.99. The zero-order chi connectivity index (χ0) is 8.27. The fourth-order valence-electron chi connectivity index (χ4n) is 1.08. The van der Waals surface area contributed by atoms with Crippen LogP contribution in [-0.4, -0.2) is 43.7 Å². The lowest BCUT2D eigenvalue weighted by molar-refractivity contribution is -0.123. The zero-order valence-corrected chi connectivity index (χ0v) is 6.75. The molecular weight excluding hydrogens is 144 g/mol. The number of nitrogens with zero attached hydrogens (tertiary/aromatic N) is 1. The predicted octanol–water partition coefficient (Wildman–Crippen LogP) is -0.808. The number of rotatable bonds is 4. The number of ether oxygens (including phenoxy) is 1. The molecule has 0 aromatic heterocycles. The molecule has 0 aliphatic carbocycles. The summed E-state index contributed by atoms with van der Waals surface area (Å²) in [6.45, 7) is 1.80. The third-order valence-electron chi connectivity index (χ3n) is 1.99. The van der Waals surface area contributed by atoms with Gasteiger partial charge in [-0.25, -0.2) is 0 Å². The van der Waals surface area contributed by atoms with E-state index < -0.39 is 5.91 Å². The van der Waals surface area contributed by atoms with E-state index in [0.29, 0.717) is 12.6 Å². The largest absolute Gasteiger partial charge is 0.370 e. The number of carbonyl (C=O) groups excluding carboxylic acids is 1. The van der Waals surface area contributed by atoms with Crippen LogP contribution in [0.3, 0.4) is 0 Å². The molecular formula is C7H14N2O2. The summed E-state index contributed by atoms with van der Waals surface area (Å²) in [6.07, 6.45) is 1.16. The topological polar surface area (TPSA) is 55.6 Å². The van der Waals surface area contributed by atoms with E-state index in [9.17, 15) is 4.79 Å². The molecule has 0 radical (unpaired) electrons. The molecule has 0 bridgehead atoms. The summed E-state index contributed by atoms with van der Waals surface area (Å²) < 4.78 is 5.05. The van der Waals surface area contributed by atoms with Crippen molar-refractivity contribution in [1.29, 1.82) is 0 Å². The molecule has 1 heterocycles. The molecule has 1 rings (SSSR count). The van der Waals surface area contributed by atoms with Crippen LogP contribution in [0.25, 0.3) is 0 Å². The van der Waals surface area contributed by atoms with Crippen molar-refractivity contribution in [2.24, 2.45) is 5.73 Å². The summed E-state index contributed by atoms with van der Waals surface area (Å²) in [5.74, 6) is -0.396. The van der Waals surface area contributed by atoms with Gasteiger partial charge in [0, 0.05) is 6.04 Å². The molecule has 64 valence electrons. The fraction of sp³-hybridized carbons (Fsp3) is 0.857. The molecule has 0 aromatic rings. The third kappa shape index (κ3) is 2.48. The summed E-state index contributed by atoms with van der Waals surface area (Å²) >= 11 is 0. The monoisotopic (exact) mass is 158 g/mol. The van der Waals surface area contributed by atoms with Gasteiger partial charge in [-0.15, -0.1) is 0 Å². The summed E-state index contributed by atoms with van der Waals surface area (Å²) in [5.41, 5.74) is 4.90. The number of likely N-dealkylation sites (tertiary alicyclic amines) is 1. The highest BCUT2D eigenvalue weighted by atomic mass is 16.5. The maximum Gasteiger partial charge on any atom is 0.243 e. The molecule has 11 heavy (non-hydrogen) atoms. The minimum absolute atomic E-state index is 0.0460. The molecule has 0 spiro atoms. The van der Waals surface area contributed by atoms with Gasteiger partial charge in [-0.05, 0) is 20.0 Å². The van der Waals surface area contributed by atoms with E-state index in [1.54, 1.807) is 0 Å². The van der Waals surface area contributed by atoms with Crippen LogP contribution in [0, 0.1) is 0 Å². The number of nitrogens with two attached hydrogens (primary N) is 1. The number of hydrogen-bond donors (Lipinski definition) is 1. The van der Waals surface area contributed by atoms with Crippen molar-refractivity contribution in [1.82, 2.24) is 4.90 Å². The minimum atomic E-state index is -0.396. The van der Waals surface area contributed by atoms with E-state index in [1.165, 1.54) is 0 Å². The molecule has 0 saturated carbocycles. The van der Waals surface area contributed by atoms with Crippen LogP contribution >= 0.6 is 0 Å². The highest BCUT2D eigenvalue weighted by Crippen LogP contribution is 2.13. The van der Waals surface area contributed by atoms with Crippen LogP contribution in [0.2, 0.25) is 0 Å². The van der Waals surface area contributed by atoms with E-state index >= 15 is 0 Å². The van der Waals surface area contributed by atoms with Gasteiger partial charge in [0.15, 0.2) is 0 Å². The Morgan fingerprint density at radius 1 is 1.82 bits per heavy atom. The number of amides is 1. The second-order valence-electron chi connectivity index (χ2n) is 2.90. The molecule has 1 atom stereocenters. The first-order valence-corrected chi connectivity index (χ1v) is 3.76. The van der Waals surface area contributed by atoms with Gasteiger partial charge in [0.05, 0.1) is 6.61 Å². The Morgan fingerprint density at radius 2 is 2.55 bits per heavy atom. The maximum atomic E-state index is 10.3. The quantitative estimate of drug-likeness (QED) is 0.582. The van der Waals surface area contributed by atoms with Gasteiger partial charge in [-0.1, -0.05) is 0 Å². The lowest BCUT2D eigenvalue weighted by atomic mass is 10.1. The van der Waals surface area contributed by atoms with Gasteiger partial charge in [-0.3, -0.25) is 4.79 Å². The second kappa shape index (κ2) is 3.69. The molecule has 1 fully saturated rings. The number of likely N-dealkylation sites (N-methyl/N-ethyl adjacent to an activating group) is 1. The minimum Gasteiger partial charge on any atom is -0.370 e. The summed E-state index contributed by atoms with van der Waals surface area (Å²) in [4.78, 5) is 12.4. The lowest BCUT2D eigenvalue weighted by Crippen LogP contribution is -2.47. The Bertz CT molecular complexity index is 149. The summed E-state index contributed by atoms with van der Waals surface area (Å²) in [5, 5.41) is 0. The smallest absolute Gasteiger partial charge is 0.243 e. The van der Waals surface area contributed by atoms with Gasteiger partial charge >= 0.3 is 0 Å². The van der Waals surface area contributed by atoms with E-state index in [2.05, 4.69) is 4.90 Å². The SMILES string of the molecule is CN1CCC1COCC(N)=O. The van der Waals surface area contributed by atoms with Crippen LogP contribution in [0.15, 0.2) is 0 Å². The van der Waals surface area contributed by atoms with E-state index in [1.807, 2.05) is 7.05 Å². The standard InChI is InChI=1S/C7H14N2O2/c1-9-3-2-6(9)4-11-5-7(8)10/h6H,2-5H2,1H3,(H2,8,10). The van der Waals surface area contributed by atoms with Crippen molar-refractivity contribution >= 4 is 5.91 Å². The van der Waals surface area contributed by atoms with Gasteiger partial charge in [-0.2, -0.15) is 0 Å².